The number of hydrogen-bond donors (Lipinski definition) is 2. The van der Waals surface area contributed by atoms with Crippen LogP contribution in [0.3, 0.4) is 0 Å². The number of piperidine rings is 1. The largest absolute Gasteiger partial charge is 0.489 e. The van der Waals surface area contributed by atoms with E-state index < -0.39 is 0 Å². The Bertz CT molecular complexity index is 1290. The lowest BCUT2D eigenvalue weighted by Crippen LogP contribution is -2.46. The Labute approximate surface area is 225 Å². The molecule has 194 valence electrons. The highest BCUT2D eigenvalue weighted by Crippen LogP contribution is 2.42. The van der Waals surface area contributed by atoms with Gasteiger partial charge in [-0.1, -0.05) is 47.5 Å². The molecule has 2 N–H and O–H groups in total. The lowest BCUT2D eigenvalue weighted by molar-refractivity contribution is -0.127. The number of urea groups is 1. The maximum absolute atomic E-state index is 13.3. The Morgan fingerprint density at radius 1 is 1.03 bits per heavy atom. The summed E-state index contributed by atoms with van der Waals surface area (Å²) in [5.74, 6) is 0.462. The van der Waals surface area contributed by atoms with Gasteiger partial charge in [-0.05, 0) is 49.9 Å². The third kappa shape index (κ3) is 5.26. The van der Waals surface area contributed by atoms with Crippen molar-refractivity contribution >= 4 is 35.1 Å². The summed E-state index contributed by atoms with van der Waals surface area (Å²) in [6.07, 6.45) is 2.73. The van der Waals surface area contributed by atoms with Crippen LogP contribution >= 0.6 is 23.2 Å². The summed E-state index contributed by atoms with van der Waals surface area (Å²) >= 11 is 12.7. The minimum Gasteiger partial charge on any atom is -0.489 e. The fraction of sp³-hybridized carbons (Fsp3) is 0.370. The van der Waals surface area contributed by atoms with Crippen molar-refractivity contribution in [1.29, 1.82) is 0 Å². The molecule has 1 saturated heterocycles. The minimum atomic E-state index is -0.309. The molecule has 5 rings (SSSR count). The van der Waals surface area contributed by atoms with Crippen molar-refractivity contribution in [2.45, 2.75) is 31.7 Å². The highest BCUT2D eigenvalue weighted by atomic mass is 35.5. The lowest BCUT2D eigenvalue weighted by atomic mass is 9.95. The van der Waals surface area contributed by atoms with E-state index in [1.807, 2.05) is 48.5 Å². The van der Waals surface area contributed by atoms with Gasteiger partial charge in [-0.15, -0.1) is 0 Å². The normalized spacial score (nSPS) is 17.9. The van der Waals surface area contributed by atoms with Crippen LogP contribution in [0.5, 0.6) is 5.75 Å². The second kappa shape index (κ2) is 11.0. The lowest BCUT2D eigenvalue weighted by Gasteiger charge is -2.31. The molecular formula is C27H29Cl2N5O3. The molecular weight excluding hydrogens is 513 g/mol. The molecule has 1 unspecified atom stereocenters. The third-order valence-corrected chi connectivity index (χ3v) is 7.53. The van der Waals surface area contributed by atoms with Gasteiger partial charge in [0.15, 0.2) is 5.75 Å². The first-order valence-electron chi connectivity index (χ1n) is 12.5. The number of para-hydroxylation sites is 1. The van der Waals surface area contributed by atoms with Crippen molar-refractivity contribution < 1.29 is 14.3 Å². The average Bonchev–Trinajstić information content (AvgIpc) is 3.18. The second-order valence-corrected chi connectivity index (χ2v) is 10.1. The molecule has 0 saturated carbocycles. The van der Waals surface area contributed by atoms with E-state index in [-0.39, 0.29) is 23.9 Å². The fourth-order valence-corrected chi connectivity index (χ4v) is 5.32. The number of hydrogen-bond acceptors (Lipinski definition) is 4. The van der Waals surface area contributed by atoms with Crippen LogP contribution in [0.4, 0.5) is 4.79 Å². The number of aromatic nitrogens is 2. The molecule has 10 heteroatoms. The van der Waals surface area contributed by atoms with Crippen LogP contribution in [0.25, 0.3) is 16.9 Å². The van der Waals surface area contributed by atoms with Gasteiger partial charge in [-0.3, -0.25) is 4.79 Å². The van der Waals surface area contributed by atoms with Crippen LogP contribution in [-0.4, -0.2) is 53.4 Å². The quantitative estimate of drug-likeness (QED) is 0.473. The number of fused-ring (bicyclic) bond motifs is 1. The monoisotopic (exact) mass is 541 g/mol. The van der Waals surface area contributed by atoms with Crippen LogP contribution in [0.1, 0.15) is 37.4 Å². The van der Waals surface area contributed by atoms with Crippen molar-refractivity contribution in [3.8, 4) is 22.7 Å². The predicted molar refractivity (Wildman–Crippen MR) is 143 cm³/mol. The first kappa shape index (κ1) is 25.4. The zero-order chi connectivity index (χ0) is 25.9. The van der Waals surface area contributed by atoms with E-state index in [1.165, 1.54) is 0 Å². The van der Waals surface area contributed by atoms with Gasteiger partial charge < -0.3 is 20.3 Å². The molecule has 3 heterocycles. The van der Waals surface area contributed by atoms with Gasteiger partial charge >= 0.3 is 6.03 Å². The van der Waals surface area contributed by atoms with Gasteiger partial charge in [0.2, 0.25) is 5.91 Å². The second-order valence-electron chi connectivity index (χ2n) is 9.30. The van der Waals surface area contributed by atoms with Gasteiger partial charge in [0.1, 0.15) is 11.4 Å². The van der Waals surface area contributed by atoms with Crippen LogP contribution in [-0.2, 0) is 4.79 Å². The maximum atomic E-state index is 13.3. The Morgan fingerprint density at radius 2 is 1.76 bits per heavy atom. The molecule has 0 spiro atoms. The summed E-state index contributed by atoms with van der Waals surface area (Å²) in [6, 6.07) is 14.6. The molecule has 2 aromatic carbocycles. The topological polar surface area (TPSA) is 88.5 Å². The molecule has 2 aliphatic rings. The summed E-state index contributed by atoms with van der Waals surface area (Å²) in [5, 5.41) is 12.0. The van der Waals surface area contributed by atoms with Crippen molar-refractivity contribution in [2.24, 2.45) is 5.92 Å². The SMILES string of the molecule is CNC(=O)N1CCC(C(=O)NC2CCCOc3c2nn(-c2ccccc2Cl)c3-c2ccc(Cl)cc2)CC1. The molecule has 0 radical (unpaired) electrons. The van der Waals surface area contributed by atoms with Crippen LogP contribution in [0.15, 0.2) is 48.5 Å². The summed E-state index contributed by atoms with van der Waals surface area (Å²) < 4.78 is 8.05. The molecule has 3 amide bonds. The van der Waals surface area contributed by atoms with E-state index >= 15 is 0 Å². The van der Waals surface area contributed by atoms with Crippen molar-refractivity contribution in [3.63, 3.8) is 0 Å². The Balaban J connectivity index is 1.48. The number of nitrogens with zero attached hydrogens (tertiary/aromatic N) is 3. The number of rotatable bonds is 4. The molecule has 8 nitrogen and oxygen atoms in total. The average molecular weight is 542 g/mol. The van der Waals surface area contributed by atoms with Crippen molar-refractivity contribution in [3.05, 3.63) is 64.3 Å². The number of ether oxygens (including phenoxy) is 1. The van der Waals surface area contributed by atoms with Crippen LogP contribution in [0, 0.1) is 5.92 Å². The molecule has 3 aromatic rings. The Hall–Kier alpha value is -3.23. The molecule has 37 heavy (non-hydrogen) atoms. The van der Waals surface area contributed by atoms with E-state index in [0.29, 0.717) is 60.4 Å². The summed E-state index contributed by atoms with van der Waals surface area (Å²) in [4.78, 5) is 27.0. The number of nitrogens with one attached hydrogen (secondary N) is 2. The molecule has 1 atom stereocenters. The minimum absolute atomic E-state index is 0.0188. The number of benzene rings is 2. The van der Waals surface area contributed by atoms with Crippen molar-refractivity contribution in [2.75, 3.05) is 26.7 Å². The highest BCUT2D eigenvalue weighted by Gasteiger charge is 2.33. The van der Waals surface area contributed by atoms with E-state index in [4.69, 9.17) is 33.0 Å². The van der Waals surface area contributed by atoms with E-state index in [1.54, 1.807) is 16.6 Å². The predicted octanol–water partition coefficient (Wildman–Crippen LogP) is 5.23. The molecule has 2 aliphatic heterocycles. The van der Waals surface area contributed by atoms with Crippen LogP contribution in [0.2, 0.25) is 10.0 Å². The number of likely N-dealkylation sites (tertiary alicyclic amines) is 1. The molecule has 1 aromatic heterocycles. The van der Waals surface area contributed by atoms with Crippen LogP contribution < -0.4 is 15.4 Å². The number of carbonyl (C=O) groups excluding carboxylic acids is 2. The summed E-state index contributed by atoms with van der Waals surface area (Å²) in [7, 11) is 1.62. The fourth-order valence-electron chi connectivity index (χ4n) is 4.98. The molecule has 1 fully saturated rings. The zero-order valence-corrected chi connectivity index (χ0v) is 22.1. The number of carbonyl (C=O) groups is 2. The number of amides is 3. The highest BCUT2D eigenvalue weighted by molar-refractivity contribution is 6.32. The summed E-state index contributed by atoms with van der Waals surface area (Å²) in [5.41, 5.74) is 3.04. The van der Waals surface area contributed by atoms with E-state index in [2.05, 4.69) is 10.6 Å². The van der Waals surface area contributed by atoms with Gasteiger partial charge in [-0.25, -0.2) is 9.48 Å². The Kier molecular flexibility index (Phi) is 7.58. The van der Waals surface area contributed by atoms with Crippen molar-refractivity contribution in [1.82, 2.24) is 25.3 Å². The zero-order valence-electron chi connectivity index (χ0n) is 20.5. The van der Waals surface area contributed by atoms with Gasteiger partial charge in [0, 0.05) is 36.6 Å². The smallest absolute Gasteiger partial charge is 0.317 e. The summed E-state index contributed by atoms with van der Waals surface area (Å²) in [6.45, 7) is 1.62. The molecule has 0 bridgehead atoms. The molecule has 0 aliphatic carbocycles. The first-order chi connectivity index (χ1) is 18.0. The van der Waals surface area contributed by atoms with E-state index in [0.717, 1.165) is 23.4 Å². The third-order valence-electron chi connectivity index (χ3n) is 6.96. The standard InChI is InChI=1S/C27H29Cl2N5O3/c1-30-27(36)33-14-12-18(13-15-33)26(35)31-21-6-4-16-37-25-23(21)32-34(22-7-3-2-5-20(22)29)24(25)17-8-10-19(28)11-9-17/h2-3,5,7-11,18,21H,4,6,12-16H2,1H3,(H,30,36)(H,31,35). The first-order valence-corrected chi connectivity index (χ1v) is 13.3. The number of halogens is 2. The Morgan fingerprint density at radius 3 is 2.46 bits per heavy atom. The van der Waals surface area contributed by atoms with E-state index in [9.17, 15) is 9.59 Å². The maximum Gasteiger partial charge on any atom is 0.317 e. The van der Waals surface area contributed by atoms with Gasteiger partial charge in [0.25, 0.3) is 0 Å². The van der Waals surface area contributed by atoms with Gasteiger partial charge in [0.05, 0.1) is 23.4 Å². The van der Waals surface area contributed by atoms with Gasteiger partial charge in [-0.2, -0.15) is 5.10 Å².